The molecule has 0 radical (unpaired) electrons. The Kier molecular flexibility index (Phi) is 4.84. The van der Waals surface area contributed by atoms with Gasteiger partial charge in [0, 0.05) is 26.2 Å². The van der Waals surface area contributed by atoms with Gasteiger partial charge in [0.1, 0.15) is 11.6 Å². The number of hydrogen-bond donors (Lipinski definition) is 2. The number of hydrogen-bond acceptors (Lipinski definition) is 6. The molecule has 9 heteroatoms. The van der Waals surface area contributed by atoms with Crippen LogP contribution in [0.15, 0.2) is 6.07 Å². The monoisotopic (exact) mass is 304 g/mol. The number of anilines is 2. The van der Waals surface area contributed by atoms with Crippen LogP contribution in [0.1, 0.15) is 18.7 Å². The van der Waals surface area contributed by atoms with E-state index in [-0.39, 0.29) is 11.6 Å². The molecule has 0 saturated carbocycles. The second kappa shape index (κ2) is 6.44. The maximum atomic E-state index is 12.8. The lowest BCUT2D eigenvalue weighted by Gasteiger charge is -2.23. The smallest absolute Gasteiger partial charge is 0.358 e. The average molecular weight is 304 g/mol. The van der Waals surface area contributed by atoms with Gasteiger partial charge in [0.05, 0.1) is 0 Å². The highest BCUT2D eigenvalue weighted by Crippen LogP contribution is 2.28. The van der Waals surface area contributed by atoms with Gasteiger partial charge in [-0.15, -0.1) is 0 Å². The SMILES string of the molecule is CN(CCN1CCCC1)c1cc(NN)nc(C(F)(F)F)n1. The van der Waals surface area contributed by atoms with Crippen molar-refractivity contribution in [1.82, 2.24) is 14.9 Å². The standard InChI is InChI=1S/C12H19F3N6/c1-20(6-7-21-4-2-3-5-21)10-8-9(19-16)17-11(18-10)12(13,14)15/h8H,2-7,16H2,1H3,(H,17,18,19). The highest BCUT2D eigenvalue weighted by molar-refractivity contribution is 5.48. The van der Waals surface area contributed by atoms with E-state index in [2.05, 4.69) is 20.3 Å². The Balaban J connectivity index is 2.09. The van der Waals surface area contributed by atoms with Gasteiger partial charge in [0.25, 0.3) is 0 Å². The van der Waals surface area contributed by atoms with Crippen LogP contribution in [0.2, 0.25) is 0 Å². The molecule has 0 spiro atoms. The fraction of sp³-hybridized carbons (Fsp3) is 0.667. The molecule has 1 aliphatic heterocycles. The summed E-state index contributed by atoms with van der Waals surface area (Å²) >= 11 is 0. The van der Waals surface area contributed by atoms with E-state index >= 15 is 0 Å². The maximum absolute atomic E-state index is 12.8. The van der Waals surface area contributed by atoms with Crippen molar-refractivity contribution in [2.24, 2.45) is 5.84 Å². The third kappa shape index (κ3) is 4.18. The molecule has 0 atom stereocenters. The molecule has 21 heavy (non-hydrogen) atoms. The molecule has 3 N–H and O–H groups in total. The maximum Gasteiger partial charge on any atom is 0.451 e. The molecule has 118 valence electrons. The first-order valence-electron chi connectivity index (χ1n) is 6.76. The van der Waals surface area contributed by atoms with E-state index in [1.165, 1.54) is 18.9 Å². The van der Waals surface area contributed by atoms with Crippen LogP contribution in [-0.2, 0) is 6.18 Å². The molecule has 1 fully saturated rings. The second-order valence-corrected chi connectivity index (χ2v) is 5.05. The third-order valence-corrected chi connectivity index (χ3v) is 3.46. The average Bonchev–Trinajstić information content (AvgIpc) is 2.96. The molecule has 0 aromatic carbocycles. The van der Waals surface area contributed by atoms with Crippen molar-refractivity contribution in [3.05, 3.63) is 11.9 Å². The quantitative estimate of drug-likeness (QED) is 0.631. The number of nitrogens with zero attached hydrogens (tertiary/aromatic N) is 4. The first kappa shape index (κ1) is 15.8. The van der Waals surface area contributed by atoms with Gasteiger partial charge < -0.3 is 15.2 Å². The van der Waals surface area contributed by atoms with E-state index < -0.39 is 12.0 Å². The predicted molar refractivity (Wildman–Crippen MR) is 73.8 cm³/mol. The number of hydrazine groups is 1. The minimum Gasteiger partial charge on any atom is -0.358 e. The summed E-state index contributed by atoms with van der Waals surface area (Å²) in [6.07, 6.45) is -2.25. The number of rotatable bonds is 5. The highest BCUT2D eigenvalue weighted by atomic mass is 19.4. The molecule has 2 rings (SSSR count). The molecule has 1 aliphatic rings. The van der Waals surface area contributed by atoms with E-state index in [1.807, 2.05) is 0 Å². The molecule has 6 nitrogen and oxygen atoms in total. The van der Waals surface area contributed by atoms with Crippen molar-refractivity contribution < 1.29 is 13.2 Å². The Morgan fingerprint density at radius 3 is 2.57 bits per heavy atom. The number of halogens is 3. The van der Waals surface area contributed by atoms with Crippen LogP contribution in [0.4, 0.5) is 24.8 Å². The largest absolute Gasteiger partial charge is 0.451 e. The van der Waals surface area contributed by atoms with Crippen LogP contribution in [-0.4, -0.2) is 48.1 Å². The number of nitrogen functional groups attached to an aromatic ring is 1. The van der Waals surface area contributed by atoms with Gasteiger partial charge in [0.2, 0.25) is 5.82 Å². The summed E-state index contributed by atoms with van der Waals surface area (Å²) in [4.78, 5) is 10.9. The lowest BCUT2D eigenvalue weighted by molar-refractivity contribution is -0.144. The van der Waals surface area contributed by atoms with Crippen LogP contribution in [0.3, 0.4) is 0 Å². The fourth-order valence-corrected chi connectivity index (χ4v) is 2.24. The van der Waals surface area contributed by atoms with Gasteiger partial charge in [-0.1, -0.05) is 0 Å². The van der Waals surface area contributed by atoms with Gasteiger partial charge in [-0.2, -0.15) is 13.2 Å². The summed E-state index contributed by atoms with van der Waals surface area (Å²) < 4.78 is 38.3. The molecule has 0 unspecified atom stereocenters. The van der Waals surface area contributed by atoms with Crippen LogP contribution >= 0.6 is 0 Å². The number of aromatic nitrogens is 2. The Hall–Kier alpha value is -1.61. The number of nitrogens with two attached hydrogens (primary N) is 1. The van der Waals surface area contributed by atoms with Gasteiger partial charge in [-0.05, 0) is 25.9 Å². The Morgan fingerprint density at radius 1 is 1.33 bits per heavy atom. The summed E-state index contributed by atoms with van der Waals surface area (Å²) in [6.45, 7) is 3.48. The highest BCUT2D eigenvalue weighted by Gasteiger charge is 2.35. The molecule has 1 aromatic rings. The van der Waals surface area contributed by atoms with Crippen molar-refractivity contribution >= 4 is 11.6 Å². The lowest BCUT2D eigenvalue weighted by Crippen LogP contribution is -2.32. The van der Waals surface area contributed by atoms with Crippen molar-refractivity contribution in [3.63, 3.8) is 0 Å². The van der Waals surface area contributed by atoms with Crippen molar-refractivity contribution in [1.29, 1.82) is 0 Å². The van der Waals surface area contributed by atoms with E-state index in [1.54, 1.807) is 11.9 Å². The molecular formula is C12H19F3N6. The second-order valence-electron chi connectivity index (χ2n) is 5.05. The molecule has 2 heterocycles. The third-order valence-electron chi connectivity index (χ3n) is 3.46. The summed E-state index contributed by atoms with van der Waals surface area (Å²) in [5.41, 5.74) is 2.14. The van der Waals surface area contributed by atoms with Crippen LogP contribution < -0.4 is 16.2 Å². The normalized spacial score (nSPS) is 16.2. The van der Waals surface area contributed by atoms with Crippen molar-refractivity contribution in [3.8, 4) is 0 Å². The van der Waals surface area contributed by atoms with E-state index in [9.17, 15) is 13.2 Å². The van der Waals surface area contributed by atoms with Crippen LogP contribution in [0, 0.1) is 0 Å². The predicted octanol–water partition coefficient (Wildman–Crippen LogP) is 1.31. The first-order valence-corrected chi connectivity index (χ1v) is 6.76. The minimum atomic E-state index is -4.60. The molecule has 0 amide bonds. The Labute approximate surface area is 121 Å². The molecule has 0 aliphatic carbocycles. The number of likely N-dealkylation sites (tertiary alicyclic amines) is 1. The Morgan fingerprint density at radius 2 is 2.00 bits per heavy atom. The van der Waals surface area contributed by atoms with E-state index in [4.69, 9.17) is 5.84 Å². The fourth-order valence-electron chi connectivity index (χ4n) is 2.24. The zero-order valence-electron chi connectivity index (χ0n) is 11.8. The number of likely N-dealkylation sites (N-methyl/N-ethyl adjacent to an activating group) is 1. The van der Waals surface area contributed by atoms with E-state index in [0.717, 1.165) is 19.6 Å². The molecule has 0 bridgehead atoms. The lowest BCUT2D eigenvalue weighted by atomic mass is 10.4. The molecular weight excluding hydrogens is 285 g/mol. The topological polar surface area (TPSA) is 70.3 Å². The summed E-state index contributed by atoms with van der Waals surface area (Å²) in [6, 6.07) is 1.40. The van der Waals surface area contributed by atoms with Gasteiger partial charge in [-0.25, -0.2) is 15.8 Å². The first-order chi connectivity index (χ1) is 9.90. The van der Waals surface area contributed by atoms with Crippen molar-refractivity contribution in [2.75, 3.05) is 43.6 Å². The van der Waals surface area contributed by atoms with Gasteiger partial charge in [-0.3, -0.25) is 0 Å². The summed E-state index contributed by atoms with van der Waals surface area (Å²) in [5.74, 6) is 4.12. The van der Waals surface area contributed by atoms with Crippen LogP contribution in [0.5, 0.6) is 0 Å². The zero-order valence-corrected chi connectivity index (χ0v) is 11.8. The number of nitrogens with one attached hydrogen (secondary N) is 1. The van der Waals surface area contributed by atoms with Gasteiger partial charge in [0.15, 0.2) is 0 Å². The summed E-state index contributed by atoms with van der Waals surface area (Å²) in [5, 5.41) is 0. The number of alkyl halides is 3. The minimum absolute atomic E-state index is 0.0552. The van der Waals surface area contributed by atoms with E-state index in [0.29, 0.717) is 6.54 Å². The molecule has 1 aromatic heterocycles. The summed E-state index contributed by atoms with van der Waals surface area (Å²) in [7, 11) is 1.71. The van der Waals surface area contributed by atoms with Crippen LogP contribution in [0.25, 0.3) is 0 Å². The zero-order chi connectivity index (χ0) is 15.5. The van der Waals surface area contributed by atoms with Crippen molar-refractivity contribution in [2.45, 2.75) is 19.0 Å². The molecule has 1 saturated heterocycles. The Bertz CT molecular complexity index is 473. The van der Waals surface area contributed by atoms with Gasteiger partial charge >= 0.3 is 6.18 Å².